The number of aromatic nitrogens is 2. The van der Waals surface area contributed by atoms with Crippen molar-refractivity contribution >= 4 is 28.7 Å². The number of benzene rings is 1. The summed E-state index contributed by atoms with van der Waals surface area (Å²) in [7, 11) is 0. The largest absolute Gasteiger partial charge is 0.477 e. The minimum Gasteiger partial charge on any atom is -0.477 e. The van der Waals surface area contributed by atoms with Gasteiger partial charge in [0.1, 0.15) is 17.5 Å². The van der Waals surface area contributed by atoms with Crippen LogP contribution in [0.15, 0.2) is 41.0 Å². The molecule has 7 heteroatoms. The summed E-state index contributed by atoms with van der Waals surface area (Å²) in [5, 5.41) is 17.9. The first-order valence-corrected chi connectivity index (χ1v) is 5.71. The van der Waals surface area contributed by atoms with Gasteiger partial charge >= 0.3 is 5.97 Å². The average Bonchev–Trinajstić information content (AvgIpc) is 3.04. The van der Waals surface area contributed by atoms with Crippen molar-refractivity contribution in [2.75, 3.05) is 5.32 Å². The summed E-state index contributed by atoms with van der Waals surface area (Å²) in [6.07, 6.45) is 1.35. The minimum absolute atomic E-state index is 0.0997. The number of carboxylic acid groups (broad SMARTS) is 1. The molecule has 0 unspecified atom stereocenters. The van der Waals surface area contributed by atoms with Crippen LogP contribution in [0, 0.1) is 0 Å². The standard InChI is InChI=1S/C13H9N3O4/c17-12(14-11-5-9(13(18)19)15-16-11)8-6-20-10-4-2-1-3-7(8)10/h1-6H,(H,18,19)(H2,14,15,16,17). The molecule has 3 N–H and O–H groups in total. The number of rotatable bonds is 3. The van der Waals surface area contributed by atoms with Gasteiger partial charge in [-0.15, -0.1) is 0 Å². The zero-order valence-corrected chi connectivity index (χ0v) is 10.1. The van der Waals surface area contributed by atoms with E-state index in [1.165, 1.54) is 12.3 Å². The molecule has 0 atom stereocenters. The number of carbonyl (C=O) groups is 2. The lowest BCUT2D eigenvalue weighted by Crippen LogP contribution is -2.11. The number of amides is 1. The lowest BCUT2D eigenvalue weighted by Gasteiger charge is -1.98. The van der Waals surface area contributed by atoms with Gasteiger partial charge in [-0.1, -0.05) is 18.2 Å². The fraction of sp³-hybridized carbons (Fsp3) is 0. The van der Waals surface area contributed by atoms with Crippen LogP contribution in [0.1, 0.15) is 20.8 Å². The van der Waals surface area contributed by atoms with Crippen molar-refractivity contribution in [1.82, 2.24) is 10.2 Å². The Morgan fingerprint density at radius 2 is 2.10 bits per heavy atom. The fourth-order valence-electron chi connectivity index (χ4n) is 1.83. The number of fused-ring (bicyclic) bond motifs is 1. The van der Waals surface area contributed by atoms with Gasteiger partial charge in [-0.25, -0.2) is 4.79 Å². The van der Waals surface area contributed by atoms with E-state index in [0.29, 0.717) is 16.5 Å². The Hall–Kier alpha value is -3.09. The second-order valence-electron chi connectivity index (χ2n) is 4.07. The summed E-state index contributed by atoms with van der Waals surface area (Å²) in [4.78, 5) is 22.8. The van der Waals surface area contributed by atoms with Crippen molar-refractivity contribution < 1.29 is 19.1 Å². The minimum atomic E-state index is -1.15. The van der Waals surface area contributed by atoms with Crippen molar-refractivity contribution in [3.8, 4) is 0 Å². The summed E-state index contributed by atoms with van der Waals surface area (Å²) in [6, 6.07) is 8.36. The number of furan rings is 1. The van der Waals surface area contributed by atoms with Crippen molar-refractivity contribution in [1.29, 1.82) is 0 Å². The van der Waals surface area contributed by atoms with Gasteiger partial charge in [-0.3, -0.25) is 9.89 Å². The number of hydrogen-bond acceptors (Lipinski definition) is 4. The summed E-state index contributed by atoms with van der Waals surface area (Å²) >= 11 is 0. The molecule has 0 saturated heterocycles. The number of hydrogen-bond donors (Lipinski definition) is 3. The highest BCUT2D eigenvalue weighted by molar-refractivity contribution is 6.12. The highest BCUT2D eigenvalue weighted by atomic mass is 16.4. The first-order valence-electron chi connectivity index (χ1n) is 5.71. The van der Waals surface area contributed by atoms with Gasteiger partial charge in [0.2, 0.25) is 0 Å². The molecule has 1 amide bonds. The first kappa shape index (κ1) is 12.0. The molecule has 3 aromatic rings. The second kappa shape index (κ2) is 4.54. The van der Waals surface area contributed by atoms with Crippen LogP contribution in [-0.4, -0.2) is 27.2 Å². The Morgan fingerprint density at radius 1 is 1.30 bits per heavy atom. The molecule has 2 heterocycles. The number of nitrogens with zero attached hydrogens (tertiary/aromatic N) is 1. The van der Waals surface area contributed by atoms with Crippen LogP contribution in [0.3, 0.4) is 0 Å². The van der Waals surface area contributed by atoms with E-state index in [9.17, 15) is 9.59 Å². The molecular formula is C13H9N3O4. The molecule has 7 nitrogen and oxygen atoms in total. The van der Waals surface area contributed by atoms with E-state index in [1.54, 1.807) is 24.3 Å². The zero-order chi connectivity index (χ0) is 14.1. The third kappa shape index (κ3) is 2.01. The Balaban J connectivity index is 1.87. The number of para-hydroxylation sites is 1. The van der Waals surface area contributed by atoms with E-state index in [2.05, 4.69) is 15.5 Å². The summed E-state index contributed by atoms with van der Waals surface area (Å²) in [6.45, 7) is 0. The molecule has 20 heavy (non-hydrogen) atoms. The van der Waals surface area contributed by atoms with Crippen LogP contribution in [0.25, 0.3) is 11.0 Å². The number of carbonyl (C=O) groups excluding carboxylic acids is 1. The van der Waals surface area contributed by atoms with Gasteiger partial charge in [0, 0.05) is 11.5 Å². The summed E-state index contributed by atoms with van der Waals surface area (Å²) in [5.74, 6) is -1.43. The number of H-pyrrole nitrogens is 1. The zero-order valence-electron chi connectivity index (χ0n) is 10.1. The maximum absolute atomic E-state index is 12.1. The number of carboxylic acids is 1. The third-order valence-corrected chi connectivity index (χ3v) is 2.78. The van der Waals surface area contributed by atoms with Gasteiger partial charge in [0.05, 0.1) is 5.56 Å². The first-order chi connectivity index (χ1) is 9.65. The third-order valence-electron chi connectivity index (χ3n) is 2.78. The molecule has 2 aromatic heterocycles. The molecule has 0 radical (unpaired) electrons. The number of nitrogens with one attached hydrogen (secondary N) is 2. The number of aromatic amines is 1. The molecule has 3 rings (SSSR count). The lowest BCUT2D eigenvalue weighted by molar-refractivity contribution is 0.0690. The highest BCUT2D eigenvalue weighted by Gasteiger charge is 2.15. The Morgan fingerprint density at radius 3 is 2.85 bits per heavy atom. The molecular weight excluding hydrogens is 262 g/mol. The Labute approximate surface area is 112 Å². The number of aromatic carboxylic acids is 1. The van der Waals surface area contributed by atoms with Crippen molar-refractivity contribution in [3.63, 3.8) is 0 Å². The van der Waals surface area contributed by atoms with Gasteiger partial charge in [-0.05, 0) is 6.07 Å². The van der Waals surface area contributed by atoms with Gasteiger partial charge in [-0.2, -0.15) is 5.10 Å². The van der Waals surface area contributed by atoms with Crippen LogP contribution in [0.5, 0.6) is 0 Å². The van der Waals surface area contributed by atoms with E-state index in [0.717, 1.165) is 0 Å². The maximum Gasteiger partial charge on any atom is 0.353 e. The van der Waals surface area contributed by atoms with Crippen LogP contribution in [-0.2, 0) is 0 Å². The number of anilines is 1. The summed E-state index contributed by atoms with van der Waals surface area (Å²) in [5.41, 5.74) is 0.865. The molecule has 0 aliphatic rings. The van der Waals surface area contributed by atoms with Crippen LogP contribution >= 0.6 is 0 Å². The predicted molar refractivity (Wildman–Crippen MR) is 69.7 cm³/mol. The highest BCUT2D eigenvalue weighted by Crippen LogP contribution is 2.21. The Kier molecular flexibility index (Phi) is 2.72. The van der Waals surface area contributed by atoms with Gasteiger partial charge < -0.3 is 14.8 Å². The maximum atomic E-state index is 12.1. The van der Waals surface area contributed by atoms with E-state index in [-0.39, 0.29) is 11.5 Å². The van der Waals surface area contributed by atoms with E-state index in [4.69, 9.17) is 9.52 Å². The van der Waals surface area contributed by atoms with Crippen molar-refractivity contribution in [2.24, 2.45) is 0 Å². The lowest BCUT2D eigenvalue weighted by atomic mass is 10.1. The van der Waals surface area contributed by atoms with E-state index < -0.39 is 11.9 Å². The molecule has 0 saturated carbocycles. The van der Waals surface area contributed by atoms with E-state index in [1.807, 2.05) is 0 Å². The molecule has 0 fully saturated rings. The summed E-state index contributed by atoms with van der Waals surface area (Å²) < 4.78 is 5.27. The normalized spacial score (nSPS) is 10.6. The molecule has 0 bridgehead atoms. The van der Waals surface area contributed by atoms with Crippen LogP contribution in [0.4, 0.5) is 5.82 Å². The van der Waals surface area contributed by atoms with Crippen molar-refractivity contribution in [3.05, 3.63) is 47.9 Å². The fourth-order valence-corrected chi connectivity index (χ4v) is 1.83. The molecule has 1 aromatic carbocycles. The SMILES string of the molecule is O=C(O)c1cc(NC(=O)c2coc3ccccc23)n[nH]1. The quantitative estimate of drug-likeness (QED) is 0.676. The topological polar surface area (TPSA) is 108 Å². The van der Waals surface area contributed by atoms with Gasteiger partial charge in [0.25, 0.3) is 5.91 Å². The van der Waals surface area contributed by atoms with Crippen molar-refractivity contribution in [2.45, 2.75) is 0 Å². The van der Waals surface area contributed by atoms with Crippen LogP contribution in [0.2, 0.25) is 0 Å². The Bertz CT molecular complexity index is 803. The molecule has 100 valence electrons. The van der Waals surface area contributed by atoms with Gasteiger partial charge in [0.15, 0.2) is 5.82 Å². The smallest absolute Gasteiger partial charge is 0.353 e. The molecule has 0 aliphatic carbocycles. The predicted octanol–water partition coefficient (Wildman–Crippen LogP) is 2.11. The second-order valence-corrected chi connectivity index (χ2v) is 4.07. The van der Waals surface area contributed by atoms with E-state index >= 15 is 0 Å². The average molecular weight is 271 g/mol. The molecule has 0 spiro atoms. The monoisotopic (exact) mass is 271 g/mol. The van der Waals surface area contributed by atoms with Crippen LogP contribution < -0.4 is 5.32 Å². The molecule has 0 aliphatic heterocycles.